The van der Waals surface area contributed by atoms with Crippen LogP contribution in [-0.2, 0) is 9.53 Å². The highest BCUT2D eigenvalue weighted by atomic mass is 32.1. The minimum atomic E-state index is -0.615. The zero-order valence-electron chi connectivity index (χ0n) is 15.0. The highest BCUT2D eigenvalue weighted by Gasteiger charge is 2.35. The largest absolute Gasteiger partial charge is 0.444 e. The van der Waals surface area contributed by atoms with Gasteiger partial charge in [0.2, 0.25) is 5.91 Å². The van der Waals surface area contributed by atoms with Crippen molar-refractivity contribution in [1.82, 2.24) is 4.90 Å². The second kappa shape index (κ2) is 7.43. The number of likely N-dealkylation sites (tertiary alicyclic amines) is 1. The van der Waals surface area contributed by atoms with Crippen LogP contribution in [0.1, 0.15) is 54.6 Å². The average molecular weight is 367 g/mol. The predicted octanol–water partition coefficient (Wildman–Crippen LogP) is 2.88. The molecule has 0 aromatic carbocycles. The van der Waals surface area contributed by atoms with Gasteiger partial charge in [-0.15, -0.1) is 11.3 Å². The minimum absolute atomic E-state index is 0.275. The topological polar surface area (TPSA) is 102 Å². The second-order valence-electron chi connectivity index (χ2n) is 7.12. The van der Waals surface area contributed by atoms with E-state index in [0.29, 0.717) is 23.5 Å². The molecule has 0 spiro atoms. The summed E-state index contributed by atoms with van der Waals surface area (Å²) in [6.45, 7) is 7.68. The molecule has 0 unspecified atom stereocenters. The van der Waals surface area contributed by atoms with Gasteiger partial charge in [0.25, 0.3) is 5.91 Å². The standard InChI is InChI=1S/C17H25N3O4S/c1-10-11(9-13(25-10)14(18)21)19-15(22)12-7-5-6-8-20(12)16(23)24-17(2,3)4/h9,12H,5-8H2,1-4H3,(H2,18,21)(H,19,22)/t12-/m1/s1. The molecule has 25 heavy (non-hydrogen) atoms. The molecule has 0 bridgehead atoms. The molecule has 138 valence electrons. The molecule has 1 atom stereocenters. The van der Waals surface area contributed by atoms with Crippen molar-refractivity contribution in [2.75, 3.05) is 11.9 Å². The Labute approximate surface area is 151 Å². The van der Waals surface area contributed by atoms with Gasteiger partial charge in [-0.25, -0.2) is 4.79 Å². The Morgan fingerprint density at radius 1 is 1.32 bits per heavy atom. The van der Waals surface area contributed by atoms with E-state index in [-0.39, 0.29) is 5.91 Å². The van der Waals surface area contributed by atoms with Gasteiger partial charge >= 0.3 is 6.09 Å². The molecule has 1 aromatic rings. The summed E-state index contributed by atoms with van der Waals surface area (Å²) < 4.78 is 5.41. The summed E-state index contributed by atoms with van der Waals surface area (Å²) in [6, 6.07) is 0.987. The number of piperidine rings is 1. The first-order chi connectivity index (χ1) is 11.6. The third kappa shape index (κ3) is 4.94. The van der Waals surface area contributed by atoms with Gasteiger partial charge in [-0.2, -0.15) is 0 Å². The summed E-state index contributed by atoms with van der Waals surface area (Å²) >= 11 is 1.23. The lowest BCUT2D eigenvalue weighted by atomic mass is 10.0. The number of primary amides is 1. The maximum Gasteiger partial charge on any atom is 0.410 e. The molecule has 0 radical (unpaired) electrons. The molecule has 3 N–H and O–H groups in total. The lowest BCUT2D eigenvalue weighted by Gasteiger charge is -2.35. The van der Waals surface area contributed by atoms with Crippen LogP contribution in [0, 0.1) is 6.92 Å². The highest BCUT2D eigenvalue weighted by molar-refractivity contribution is 7.14. The number of thiophene rings is 1. The summed E-state index contributed by atoms with van der Waals surface area (Å²) in [4.78, 5) is 39.1. The Morgan fingerprint density at radius 3 is 2.56 bits per heavy atom. The van der Waals surface area contributed by atoms with Crippen LogP contribution in [0.15, 0.2) is 6.07 Å². The van der Waals surface area contributed by atoms with E-state index >= 15 is 0 Å². The summed E-state index contributed by atoms with van der Waals surface area (Å²) in [5, 5.41) is 2.82. The van der Waals surface area contributed by atoms with Gasteiger partial charge in [0.05, 0.1) is 10.6 Å². The number of amides is 3. The molecule has 1 aliphatic heterocycles. The van der Waals surface area contributed by atoms with E-state index in [1.807, 2.05) is 0 Å². The maximum absolute atomic E-state index is 12.7. The summed E-state index contributed by atoms with van der Waals surface area (Å²) in [5.41, 5.74) is 5.22. The molecular weight excluding hydrogens is 342 g/mol. The Hall–Kier alpha value is -2.09. The molecule has 1 fully saturated rings. The smallest absolute Gasteiger partial charge is 0.410 e. The minimum Gasteiger partial charge on any atom is -0.444 e. The molecule has 8 heteroatoms. The Morgan fingerprint density at radius 2 is 2.00 bits per heavy atom. The third-order valence-corrected chi connectivity index (χ3v) is 4.92. The number of nitrogens with one attached hydrogen (secondary N) is 1. The maximum atomic E-state index is 12.7. The number of carbonyl (C=O) groups is 3. The van der Waals surface area contributed by atoms with Gasteiger partial charge in [-0.3, -0.25) is 14.5 Å². The third-order valence-electron chi connectivity index (χ3n) is 3.85. The molecule has 1 aromatic heterocycles. The Kier molecular flexibility index (Phi) is 5.72. The lowest BCUT2D eigenvalue weighted by Crippen LogP contribution is -2.51. The fourth-order valence-corrected chi connectivity index (χ4v) is 3.51. The molecule has 0 saturated carbocycles. The Bertz CT molecular complexity index is 678. The van der Waals surface area contributed by atoms with Crippen LogP contribution in [0.5, 0.6) is 0 Å². The zero-order chi connectivity index (χ0) is 18.8. The summed E-state index contributed by atoms with van der Waals surface area (Å²) in [7, 11) is 0. The number of carbonyl (C=O) groups excluding carboxylic acids is 3. The van der Waals surface area contributed by atoms with Crippen LogP contribution in [0.3, 0.4) is 0 Å². The normalized spacial score (nSPS) is 17.9. The van der Waals surface area contributed by atoms with Crippen molar-refractivity contribution in [1.29, 1.82) is 0 Å². The van der Waals surface area contributed by atoms with Crippen molar-refractivity contribution in [2.24, 2.45) is 5.73 Å². The average Bonchev–Trinajstić information content (AvgIpc) is 2.87. The van der Waals surface area contributed by atoms with Crippen LogP contribution in [0.4, 0.5) is 10.5 Å². The lowest BCUT2D eigenvalue weighted by molar-refractivity contribution is -0.122. The summed E-state index contributed by atoms with van der Waals surface area (Å²) in [6.07, 6.45) is 1.81. The van der Waals surface area contributed by atoms with Crippen LogP contribution >= 0.6 is 11.3 Å². The monoisotopic (exact) mass is 367 g/mol. The molecule has 2 rings (SSSR count). The molecule has 0 aliphatic carbocycles. The van der Waals surface area contributed by atoms with E-state index in [2.05, 4.69) is 5.32 Å². The number of nitrogens with two attached hydrogens (primary N) is 1. The van der Waals surface area contributed by atoms with E-state index in [4.69, 9.17) is 10.5 Å². The number of ether oxygens (including phenoxy) is 1. The van der Waals surface area contributed by atoms with Gasteiger partial charge in [0.1, 0.15) is 11.6 Å². The van der Waals surface area contributed by atoms with E-state index in [1.165, 1.54) is 16.2 Å². The van der Waals surface area contributed by atoms with E-state index in [9.17, 15) is 14.4 Å². The van der Waals surface area contributed by atoms with Crippen molar-refractivity contribution < 1.29 is 19.1 Å². The van der Waals surface area contributed by atoms with Crippen molar-refractivity contribution in [3.05, 3.63) is 15.8 Å². The van der Waals surface area contributed by atoms with E-state index in [1.54, 1.807) is 33.8 Å². The first-order valence-electron chi connectivity index (χ1n) is 8.29. The number of nitrogens with zero attached hydrogens (tertiary/aromatic N) is 1. The van der Waals surface area contributed by atoms with Crippen molar-refractivity contribution in [2.45, 2.75) is 58.6 Å². The highest BCUT2D eigenvalue weighted by Crippen LogP contribution is 2.27. The van der Waals surface area contributed by atoms with Crippen LogP contribution < -0.4 is 11.1 Å². The van der Waals surface area contributed by atoms with Gasteiger partial charge in [0.15, 0.2) is 0 Å². The number of rotatable bonds is 3. The van der Waals surface area contributed by atoms with E-state index < -0.39 is 23.6 Å². The fourth-order valence-electron chi connectivity index (χ4n) is 2.69. The molecular formula is C17H25N3O4S. The van der Waals surface area contributed by atoms with Gasteiger partial charge < -0.3 is 15.8 Å². The molecule has 1 aliphatic rings. The number of hydrogen-bond acceptors (Lipinski definition) is 5. The first-order valence-corrected chi connectivity index (χ1v) is 9.11. The molecule has 3 amide bonds. The number of aryl methyl sites for hydroxylation is 1. The summed E-state index contributed by atoms with van der Waals surface area (Å²) in [5.74, 6) is -0.802. The van der Waals surface area contributed by atoms with Crippen molar-refractivity contribution in [3.8, 4) is 0 Å². The second-order valence-corrected chi connectivity index (χ2v) is 8.38. The van der Waals surface area contributed by atoms with Crippen LogP contribution in [-0.4, -0.2) is 41.0 Å². The number of hydrogen-bond donors (Lipinski definition) is 2. The zero-order valence-corrected chi connectivity index (χ0v) is 15.9. The molecule has 1 saturated heterocycles. The van der Waals surface area contributed by atoms with Gasteiger partial charge in [-0.05, 0) is 53.0 Å². The first kappa shape index (κ1) is 19.2. The van der Waals surface area contributed by atoms with Crippen molar-refractivity contribution >= 4 is 34.9 Å². The van der Waals surface area contributed by atoms with Crippen LogP contribution in [0.25, 0.3) is 0 Å². The number of anilines is 1. The fraction of sp³-hybridized carbons (Fsp3) is 0.588. The SMILES string of the molecule is Cc1sc(C(N)=O)cc1NC(=O)[C@H]1CCCCN1C(=O)OC(C)(C)C. The molecule has 2 heterocycles. The predicted molar refractivity (Wildman–Crippen MR) is 96.8 cm³/mol. The van der Waals surface area contributed by atoms with Crippen LogP contribution in [0.2, 0.25) is 0 Å². The van der Waals surface area contributed by atoms with E-state index in [0.717, 1.165) is 17.7 Å². The van der Waals surface area contributed by atoms with Gasteiger partial charge in [-0.1, -0.05) is 0 Å². The molecule has 7 nitrogen and oxygen atoms in total. The Balaban J connectivity index is 2.12. The van der Waals surface area contributed by atoms with Crippen molar-refractivity contribution in [3.63, 3.8) is 0 Å². The quantitative estimate of drug-likeness (QED) is 0.857. The van der Waals surface area contributed by atoms with Gasteiger partial charge in [0, 0.05) is 11.4 Å².